The molecule has 0 radical (unpaired) electrons. The number of fused-ring (bicyclic) bond motifs is 1. The number of aromatic nitrogens is 1. The van der Waals surface area contributed by atoms with Gasteiger partial charge < -0.3 is 15.7 Å². The molecule has 0 spiro atoms. The van der Waals surface area contributed by atoms with E-state index in [2.05, 4.69) is 14.7 Å². The van der Waals surface area contributed by atoms with Crippen molar-refractivity contribution in [1.82, 2.24) is 20.0 Å². The predicted molar refractivity (Wildman–Crippen MR) is 137 cm³/mol. The third-order valence-corrected chi connectivity index (χ3v) is 7.80. The van der Waals surface area contributed by atoms with Gasteiger partial charge in [0.15, 0.2) is 5.03 Å². The fraction of sp³-hybridized carbons (Fsp3) is 0.522. The summed E-state index contributed by atoms with van der Waals surface area (Å²) in [6.07, 6.45) is 4.08. The van der Waals surface area contributed by atoms with Crippen LogP contribution in [0.4, 0.5) is 0 Å². The van der Waals surface area contributed by atoms with Gasteiger partial charge in [0.25, 0.3) is 5.96 Å². The molecular formula is C23H33N7O6S. The number of amides is 1. The van der Waals surface area contributed by atoms with E-state index in [1.807, 2.05) is 13.0 Å². The summed E-state index contributed by atoms with van der Waals surface area (Å²) in [5.74, 6) is -0.409. The minimum atomic E-state index is -4.13. The quantitative estimate of drug-likeness (QED) is 0.105. The second-order valence-electron chi connectivity index (χ2n) is 9.07. The molecule has 0 saturated carbocycles. The highest BCUT2D eigenvalue weighted by molar-refractivity contribution is 7.89. The summed E-state index contributed by atoms with van der Waals surface area (Å²) in [4.78, 5) is 33.7. The summed E-state index contributed by atoms with van der Waals surface area (Å²) >= 11 is 0. The number of aliphatic hydroxyl groups is 1. The average molecular weight is 536 g/mol. The first-order chi connectivity index (χ1) is 17.6. The highest BCUT2D eigenvalue weighted by Gasteiger charge is 2.32. The normalized spacial score (nSPS) is 16.1. The summed E-state index contributed by atoms with van der Waals surface area (Å²) in [7, 11) is -4.13. The Morgan fingerprint density at radius 1 is 1.38 bits per heavy atom. The largest absolute Gasteiger partial charge is 0.396 e. The number of pyridine rings is 1. The van der Waals surface area contributed by atoms with Crippen molar-refractivity contribution in [2.75, 3.05) is 26.2 Å². The number of nitrogens with zero attached hydrogens (tertiary/aromatic N) is 4. The van der Waals surface area contributed by atoms with Crippen molar-refractivity contribution in [3.63, 3.8) is 0 Å². The van der Waals surface area contributed by atoms with E-state index < -0.39 is 21.1 Å². The number of nitrogens with two attached hydrogens (primary N) is 1. The lowest BCUT2D eigenvalue weighted by molar-refractivity contribution is -0.525. The zero-order chi connectivity index (χ0) is 27.0. The summed E-state index contributed by atoms with van der Waals surface area (Å²) < 4.78 is 29.5. The summed E-state index contributed by atoms with van der Waals surface area (Å²) in [6, 6.07) is 5.61. The Morgan fingerprint density at radius 2 is 2.11 bits per heavy atom. The zero-order valence-electron chi connectivity index (χ0n) is 20.7. The molecule has 14 heteroatoms. The number of piperidine rings is 1. The van der Waals surface area contributed by atoms with Gasteiger partial charge in [-0.25, -0.2) is 23.5 Å². The van der Waals surface area contributed by atoms with Crippen LogP contribution in [0.1, 0.15) is 37.7 Å². The van der Waals surface area contributed by atoms with E-state index in [1.54, 1.807) is 28.7 Å². The number of sulfonamides is 1. The minimum Gasteiger partial charge on any atom is -0.396 e. The highest BCUT2D eigenvalue weighted by atomic mass is 32.2. The number of aliphatic hydroxyl groups excluding tert-OH is 1. The average Bonchev–Trinajstić information content (AvgIpc) is 2.85. The Balaban J connectivity index is 1.79. The van der Waals surface area contributed by atoms with E-state index in [0.29, 0.717) is 36.3 Å². The second kappa shape index (κ2) is 12.7. The molecule has 1 fully saturated rings. The lowest BCUT2D eigenvalue weighted by atomic mass is 9.93. The van der Waals surface area contributed by atoms with Crippen LogP contribution in [0, 0.1) is 23.0 Å². The first-order valence-electron chi connectivity index (χ1n) is 12.1. The molecule has 1 aliphatic rings. The third-order valence-electron chi connectivity index (χ3n) is 6.30. The number of nitro groups is 1. The van der Waals surface area contributed by atoms with Gasteiger partial charge in [0, 0.05) is 37.8 Å². The Morgan fingerprint density at radius 3 is 2.78 bits per heavy atom. The van der Waals surface area contributed by atoms with E-state index in [-0.39, 0.29) is 42.8 Å². The van der Waals surface area contributed by atoms with Crippen molar-refractivity contribution in [2.45, 2.75) is 50.0 Å². The van der Waals surface area contributed by atoms with Crippen LogP contribution in [0.2, 0.25) is 0 Å². The molecule has 1 amide bonds. The number of hydrogen-bond donors (Lipinski definition) is 4. The van der Waals surface area contributed by atoms with Gasteiger partial charge in [0.2, 0.25) is 15.9 Å². The lowest BCUT2D eigenvalue weighted by Crippen LogP contribution is -2.50. The van der Waals surface area contributed by atoms with Gasteiger partial charge in [-0.15, -0.1) is 0 Å². The van der Waals surface area contributed by atoms with E-state index in [1.165, 1.54) is 6.07 Å². The Labute approximate surface area is 215 Å². The number of benzene rings is 1. The maximum Gasteiger partial charge on any atom is 0.251 e. The number of rotatable bonds is 11. The van der Waals surface area contributed by atoms with E-state index in [0.717, 1.165) is 18.4 Å². The highest BCUT2D eigenvalue weighted by Crippen LogP contribution is 2.24. The third kappa shape index (κ3) is 7.81. The van der Waals surface area contributed by atoms with Crippen molar-refractivity contribution in [3.05, 3.63) is 46.1 Å². The van der Waals surface area contributed by atoms with Gasteiger partial charge in [0.1, 0.15) is 10.9 Å². The van der Waals surface area contributed by atoms with Gasteiger partial charge in [-0.2, -0.15) is 4.72 Å². The number of guanidine groups is 1. The molecular weight excluding hydrogens is 502 g/mol. The standard InChI is InChI=1S/C23H33N7O6S/c1-16-14-18-4-2-6-20(21(18)26-15-16)37(35,36)28-19(5-3-10-25-23(24)27-30(33)34)22(32)29-11-7-17(8-12-29)9-13-31/h2,4,6,14-15,17,19,28,31H,3,5,7-13H2,1H3,(H3,24,25,27)/t19-/m0/s1. The molecule has 1 aromatic heterocycles. The molecule has 13 nitrogen and oxygen atoms in total. The number of aryl methyl sites for hydroxylation is 1. The van der Waals surface area contributed by atoms with Crippen molar-refractivity contribution in [2.24, 2.45) is 16.6 Å². The molecule has 2 heterocycles. The van der Waals surface area contributed by atoms with Gasteiger partial charge in [-0.1, -0.05) is 17.6 Å². The zero-order valence-corrected chi connectivity index (χ0v) is 21.5. The number of hydrogen-bond acceptors (Lipinski definition) is 8. The van der Waals surface area contributed by atoms with Crippen LogP contribution in [0.3, 0.4) is 0 Å². The molecule has 1 aliphatic heterocycles. The van der Waals surface area contributed by atoms with Crippen molar-refractivity contribution < 1.29 is 23.4 Å². The number of aliphatic imine (C=N–C) groups is 1. The molecule has 2 aromatic rings. The molecule has 1 aromatic carbocycles. The molecule has 1 saturated heterocycles. The van der Waals surface area contributed by atoms with Crippen molar-refractivity contribution in [3.8, 4) is 0 Å². The Bertz CT molecular complexity index is 1250. The molecule has 3 rings (SSSR count). The van der Waals surface area contributed by atoms with Crippen LogP contribution < -0.4 is 15.9 Å². The van der Waals surface area contributed by atoms with Crippen molar-refractivity contribution >= 4 is 32.8 Å². The monoisotopic (exact) mass is 535 g/mol. The molecule has 0 aliphatic carbocycles. The van der Waals surface area contributed by atoms with E-state index in [9.17, 15) is 28.4 Å². The van der Waals surface area contributed by atoms with Crippen LogP contribution in [-0.2, 0) is 14.8 Å². The number of carbonyl (C=O) groups excluding carboxylic acids is 1. The van der Waals surface area contributed by atoms with E-state index in [4.69, 9.17) is 5.73 Å². The minimum absolute atomic E-state index is 0.0260. The number of hydrazine groups is 1. The number of nitrogens with one attached hydrogen (secondary N) is 2. The second-order valence-corrected chi connectivity index (χ2v) is 10.8. The molecule has 5 N–H and O–H groups in total. The van der Waals surface area contributed by atoms with Crippen molar-refractivity contribution in [1.29, 1.82) is 0 Å². The van der Waals surface area contributed by atoms with Crippen LogP contribution in [0.15, 0.2) is 40.4 Å². The fourth-order valence-corrected chi connectivity index (χ4v) is 5.82. The molecule has 202 valence electrons. The molecule has 1 atom stereocenters. The summed E-state index contributed by atoms with van der Waals surface area (Å²) in [6.45, 7) is 2.95. The van der Waals surface area contributed by atoms with Crippen LogP contribution >= 0.6 is 0 Å². The van der Waals surface area contributed by atoms with Crippen LogP contribution in [0.25, 0.3) is 10.9 Å². The fourth-order valence-electron chi connectivity index (χ4n) is 4.41. The first-order valence-corrected chi connectivity index (χ1v) is 13.6. The topological polar surface area (TPSA) is 193 Å². The summed E-state index contributed by atoms with van der Waals surface area (Å²) in [5.41, 5.74) is 8.37. The molecule has 0 unspecified atom stereocenters. The summed E-state index contributed by atoms with van der Waals surface area (Å²) in [5, 5.41) is 19.5. The maximum atomic E-state index is 13.4. The number of likely N-dealkylation sites (tertiary alicyclic amines) is 1. The van der Waals surface area contributed by atoms with Crippen LogP contribution in [-0.4, -0.2) is 72.6 Å². The van der Waals surface area contributed by atoms with Crippen LogP contribution in [0.5, 0.6) is 0 Å². The van der Waals surface area contributed by atoms with Gasteiger partial charge >= 0.3 is 0 Å². The first kappa shape index (κ1) is 28.2. The lowest BCUT2D eigenvalue weighted by Gasteiger charge is -2.34. The molecule has 0 bridgehead atoms. The smallest absolute Gasteiger partial charge is 0.251 e. The number of para-hydroxylation sites is 1. The van der Waals surface area contributed by atoms with Gasteiger partial charge in [0.05, 0.1) is 5.52 Å². The Kier molecular flexibility index (Phi) is 9.72. The Hall–Kier alpha value is -3.36. The molecule has 37 heavy (non-hydrogen) atoms. The maximum absolute atomic E-state index is 13.4. The SMILES string of the molecule is Cc1cnc2c(S(=O)(=O)N[C@@H](CCCN=C(N)N[N+](=O)[O-])C(=O)N3CCC(CCO)CC3)cccc2c1. The number of carbonyl (C=O) groups is 1. The van der Waals surface area contributed by atoms with Gasteiger partial charge in [-0.3, -0.25) is 9.78 Å². The predicted octanol–water partition coefficient (Wildman–Crippen LogP) is 0.687. The van der Waals surface area contributed by atoms with Gasteiger partial charge in [-0.05, 0) is 62.6 Å². The van der Waals surface area contributed by atoms with E-state index >= 15 is 0 Å².